The van der Waals surface area contributed by atoms with E-state index in [2.05, 4.69) is 31.2 Å². The molecule has 18 heavy (non-hydrogen) atoms. The van der Waals surface area contributed by atoms with E-state index < -0.39 is 0 Å². The van der Waals surface area contributed by atoms with Gasteiger partial charge in [-0.05, 0) is 52.2 Å². The van der Waals surface area contributed by atoms with Crippen LogP contribution in [0.4, 0.5) is 0 Å². The zero-order valence-electron chi connectivity index (χ0n) is 12.7. The number of hydrogen-bond acceptors (Lipinski definition) is 2. The van der Waals surface area contributed by atoms with Crippen molar-refractivity contribution in [1.82, 2.24) is 10.2 Å². The highest BCUT2D eigenvalue weighted by Crippen LogP contribution is 2.41. The summed E-state index contributed by atoms with van der Waals surface area (Å²) in [7, 11) is 4.61. The van der Waals surface area contributed by atoms with Crippen LogP contribution in [0, 0.1) is 5.92 Å². The number of hydrogen-bond donors (Lipinski definition) is 1. The fraction of sp³-hybridized carbons (Fsp3) is 1.00. The second-order valence-corrected chi connectivity index (χ2v) is 6.74. The lowest BCUT2D eigenvalue weighted by molar-refractivity contribution is 0.0513. The molecular formula is C16H32N2. The van der Waals surface area contributed by atoms with Crippen molar-refractivity contribution < 1.29 is 0 Å². The molecule has 106 valence electrons. The van der Waals surface area contributed by atoms with Gasteiger partial charge in [-0.25, -0.2) is 0 Å². The molecule has 1 atom stereocenters. The normalized spacial score (nSPS) is 25.3. The van der Waals surface area contributed by atoms with Gasteiger partial charge < -0.3 is 10.2 Å². The van der Waals surface area contributed by atoms with Crippen molar-refractivity contribution in [3.05, 3.63) is 0 Å². The Labute approximate surface area is 114 Å². The lowest BCUT2D eigenvalue weighted by Crippen LogP contribution is -2.60. The summed E-state index contributed by atoms with van der Waals surface area (Å²) in [5.41, 5.74) is 0.440. The molecule has 2 saturated carbocycles. The Morgan fingerprint density at radius 2 is 1.83 bits per heavy atom. The van der Waals surface area contributed by atoms with Crippen LogP contribution in [-0.4, -0.2) is 37.1 Å². The van der Waals surface area contributed by atoms with Gasteiger partial charge in [0.05, 0.1) is 0 Å². The van der Waals surface area contributed by atoms with Gasteiger partial charge in [-0.2, -0.15) is 0 Å². The van der Waals surface area contributed by atoms with Gasteiger partial charge in [0.2, 0.25) is 0 Å². The van der Waals surface area contributed by atoms with Gasteiger partial charge in [0.1, 0.15) is 0 Å². The largest absolute Gasteiger partial charge is 0.312 e. The molecule has 1 N–H and O–H groups in total. The SMILES string of the molecule is CCCNC(CC1CC1)C1(N(C)C)CCCCC1. The smallest absolute Gasteiger partial charge is 0.0356 e. The summed E-state index contributed by atoms with van der Waals surface area (Å²) in [5, 5.41) is 3.89. The molecule has 0 spiro atoms. The highest BCUT2D eigenvalue weighted by molar-refractivity contribution is 5.02. The summed E-state index contributed by atoms with van der Waals surface area (Å²) in [6, 6.07) is 0.722. The van der Waals surface area contributed by atoms with E-state index in [1.165, 1.54) is 64.3 Å². The van der Waals surface area contributed by atoms with Gasteiger partial charge >= 0.3 is 0 Å². The second kappa shape index (κ2) is 6.38. The van der Waals surface area contributed by atoms with E-state index in [1.807, 2.05) is 0 Å². The maximum absolute atomic E-state index is 3.89. The molecule has 0 radical (unpaired) electrons. The fourth-order valence-corrected chi connectivity index (χ4v) is 3.77. The van der Waals surface area contributed by atoms with Crippen LogP contribution in [0.1, 0.15) is 64.7 Å². The summed E-state index contributed by atoms with van der Waals surface area (Å²) in [6.45, 7) is 3.47. The van der Waals surface area contributed by atoms with Crippen LogP contribution in [0.25, 0.3) is 0 Å². The molecule has 0 heterocycles. The molecule has 2 aliphatic rings. The van der Waals surface area contributed by atoms with Gasteiger partial charge in [-0.3, -0.25) is 0 Å². The predicted molar refractivity (Wildman–Crippen MR) is 78.9 cm³/mol. The minimum absolute atomic E-state index is 0.440. The maximum atomic E-state index is 3.89. The molecule has 0 aromatic rings. The molecule has 2 heteroatoms. The third-order valence-corrected chi connectivity index (χ3v) is 5.17. The number of rotatable bonds is 7. The lowest BCUT2D eigenvalue weighted by Gasteiger charge is -2.49. The molecule has 0 bridgehead atoms. The quantitative estimate of drug-likeness (QED) is 0.747. The topological polar surface area (TPSA) is 15.3 Å². The first-order valence-electron chi connectivity index (χ1n) is 8.10. The minimum atomic E-state index is 0.440. The molecule has 2 fully saturated rings. The minimum Gasteiger partial charge on any atom is -0.312 e. The van der Waals surface area contributed by atoms with Gasteiger partial charge in [0.15, 0.2) is 0 Å². The van der Waals surface area contributed by atoms with Crippen molar-refractivity contribution in [2.24, 2.45) is 5.92 Å². The van der Waals surface area contributed by atoms with Crippen molar-refractivity contribution in [2.75, 3.05) is 20.6 Å². The van der Waals surface area contributed by atoms with Gasteiger partial charge in [0, 0.05) is 11.6 Å². The highest BCUT2D eigenvalue weighted by atomic mass is 15.2. The van der Waals surface area contributed by atoms with Crippen molar-refractivity contribution in [3.63, 3.8) is 0 Å². The molecule has 0 aromatic heterocycles. The number of nitrogens with zero attached hydrogens (tertiary/aromatic N) is 1. The van der Waals surface area contributed by atoms with Gasteiger partial charge in [-0.15, -0.1) is 0 Å². The van der Waals surface area contributed by atoms with Crippen LogP contribution in [0.15, 0.2) is 0 Å². The van der Waals surface area contributed by atoms with Crippen LogP contribution in [0.5, 0.6) is 0 Å². The number of likely N-dealkylation sites (N-methyl/N-ethyl adjacent to an activating group) is 1. The first kappa shape index (κ1) is 14.3. The second-order valence-electron chi connectivity index (χ2n) is 6.74. The summed E-state index contributed by atoms with van der Waals surface area (Å²) in [4.78, 5) is 2.54. The Morgan fingerprint density at radius 3 is 2.33 bits per heavy atom. The summed E-state index contributed by atoms with van der Waals surface area (Å²) in [5.74, 6) is 1.03. The van der Waals surface area contributed by atoms with Gasteiger partial charge in [0.25, 0.3) is 0 Å². The Kier molecular flexibility index (Phi) is 5.08. The molecule has 1 unspecified atom stereocenters. The van der Waals surface area contributed by atoms with E-state index in [4.69, 9.17) is 0 Å². The predicted octanol–water partition coefficient (Wildman–Crippen LogP) is 3.42. The van der Waals surface area contributed by atoms with E-state index in [9.17, 15) is 0 Å². The molecule has 0 amide bonds. The molecule has 0 aliphatic heterocycles. The molecule has 2 aliphatic carbocycles. The Bertz CT molecular complexity index is 239. The van der Waals surface area contributed by atoms with E-state index >= 15 is 0 Å². The van der Waals surface area contributed by atoms with E-state index in [1.54, 1.807) is 0 Å². The Morgan fingerprint density at radius 1 is 1.17 bits per heavy atom. The zero-order valence-corrected chi connectivity index (χ0v) is 12.7. The van der Waals surface area contributed by atoms with Crippen molar-refractivity contribution in [2.45, 2.75) is 76.3 Å². The summed E-state index contributed by atoms with van der Waals surface area (Å²) < 4.78 is 0. The van der Waals surface area contributed by atoms with Crippen LogP contribution in [0.2, 0.25) is 0 Å². The third kappa shape index (κ3) is 3.27. The zero-order chi connectivity index (χ0) is 13.0. The monoisotopic (exact) mass is 252 g/mol. The lowest BCUT2D eigenvalue weighted by atomic mass is 9.73. The molecule has 0 aromatic carbocycles. The summed E-state index contributed by atoms with van der Waals surface area (Å²) >= 11 is 0. The first-order valence-corrected chi connectivity index (χ1v) is 8.10. The average molecular weight is 252 g/mol. The van der Waals surface area contributed by atoms with E-state index in [-0.39, 0.29) is 0 Å². The van der Waals surface area contributed by atoms with E-state index in [0.29, 0.717) is 5.54 Å². The Balaban J connectivity index is 2.06. The molecule has 0 saturated heterocycles. The van der Waals surface area contributed by atoms with Crippen molar-refractivity contribution in [1.29, 1.82) is 0 Å². The Hall–Kier alpha value is -0.0800. The third-order valence-electron chi connectivity index (χ3n) is 5.17. The van der Waals surface area contributed by atoms with Crippen LogP contribution in [0.3, 0.4) is 0 Å². The van der Waals surface area contributed by atoms with Crippen LogP contribution >= 0.6 is 0 Å². The molecule has 2 rings (SSSR count). The van der Waals surface area contributed by atoms with Crippen LogP contribution < -0.4 is 5.32 Å². The van der Waals surface area contributed by atoms with Gasteiger partial charge in [-0.1, -0.05) is 39.0 Å². The fourth-order valence-electron chi connectivity index (χ4n) is 3.77. The van der Waals surface area contributed by atoms with Crippen LogP contribution in [-0.2, 0) is 0 Å². The molecular weight excluding hydrogens is 220 g/mol. The van der Waals surface area contributed by atoms with Crippen molar-refractivity contribution in [3.8, 4) is 0 Å². The number of nitrogens with one attached hydrogen (secondary N) is 1. The highest BCUT2D eigenvalue weighted by Gasteiger charge is 2.43. The summed E-state index contributed by atoms with van der Waals surface area (Å²) in [6.07, 6.45) is 12.7. The standard InChI is InChI=1S/C16H32N2/c1-4-12-17-15(13-14-8-9-14)16(18(2)3)10-6-5-7-11-16/h14-15,17H,4-13H2,1-3H3. The average Bonchev–Trinajstić information content (AvgIpc) is 3.19. The first-order chi connectivity index (χ1) is 8.69. The maximum Gasteiger partial charge on any atom is 0.0356 e. The van der Waals surface area contributed by atoms with E-state index in [0.717, 1.165) is 12.0 Å². The van der Waals surface area contributed by atoms with Crippen molar-refractivity contribution >= 4 is 0 Å². The molecule has 2 nitrogen and oxygen atoms in total.